The first-order valence-corrected chi connectivity index (χ1v) is 23.0. The van der Waals surface area contributed by atoms with E-state index in [0.29, 0.717) is 54.8 Å². The number of hydrogen-bond donors (Lipinski definition) is 3. The number of halogens is 1. The molecule has 10 rings (SSSR count). The Morgan fingerprint density at radius 2 is 1.66 bits per heavy atom. The normalized spacial score (nSPS) is 19.7. The molecule has 0 aliphatic carbocycles. The highest BCUT2D eigenvalue weighted by Gasteiger charge is 2.42. The minimum atomic E-state index is -1.05. The van der Waals surface area contributed by atoms with Crippen molar-refractivity contribution >= 4 is 57.4 Å². The number of rotatable bonds is 11. The molecule has 3 saturated heterocycles. The van der Waals surface area contributed by atoms with Crippen LogP contribution in [0, 0.1) is 5.82 Å². The Hall–Kier alpha value is -6.46. The summed E-state index contributed by atoms with van der Waals surface area (Å²) in [5, 5.41) is 10.6. The number of fused-ring (bicyclic) bond motifs is 2. The van der Waals surface area contributed by atoms with Gasteiger partial charge >= 0.3 is 0 Å². The summed E-state index contributed by atoms with van der Waals surface area (Å²) in [5.41, 5.74) is 6.37. The molecule has 7 heterocycles. The molecule has 0 spiro atoms. The highest BCUT2D eigenvalue weighted by molar-refractivity contribution is 7.13. The number of benzene rings is 3. The van der Waals surface area contributed by atoms with Crippen molar-refractivity contribution in [2.24, 2.45) is 0 Å². The second-order valence-electron chi connectivity index (χ2n) is 17.3. The number of hydrogen-bond acceptors (Lipinski definition) is 11. The smallest absolute Gasteiger partial charge is 0.255 e. The number of piperazine rings is 1. The Bertz CT molecular complexity index is 2580. The third-order valence-electron chi connectivity index (χ3n) is 13.4. The summed E-state index contributed by atoms with van der Waals surface area (Å²) in [6, 6.07) is 17.8. The van der Waals surface area contributed by atoms with Gasteiger partial charge in [0.05, 0.1) is 25.1 Å². The minimum absolute atomic E-state index is 0.0527. The lowest BCUT2D eigenvalue weighted by atomic mass is 9.89. The van der Waals surface area contributed by atoms with Crippen molar-refractivity contribution in [2.75, 3.05) is 61.3 Å². The molecule has 2 aromatic heterocycles. The number of piperidine rings is 2. The highest BCUT2D eigenvalue weighted by atomic mass is 32.1. The number of carbonyl (C=O) groups excluding carboxylic acids is 5. The second kappa shape index (κ2) is 17.6. The van der Waals surface area contributed by atoms with Crippen LogP contribution in [0.4, 0.5) is 20.9 Å². The Kier molecular flexibility index (Phi) is 11.4. The first-order valence-electron chi connectivity index (χ1n) is 22.1. The zero-order valence-corrected chi connectivity index (χ0v) is 36.1. The predicted octanol–water partition coefficient (Wildman–Crippen LogP) is 5.17. The molecule has 15 nitrogen and oxygen atoms in total. The molecule has 5 amide bonds. The van der Waals surface area contributed by atoms with Crippen LogP contribution in [0.3, 0.4) is 0 Å². The van der Waals surface area contributed by atoms with Gasteiger partial charge in [-0.3, -0.25) is 39.5 Å². The molecule has 330 valence electrons. The summed E-state index contributed by atoms with van der Waals surface area (Å²) in [5.74, 6) is -1.35. The number of aryl methyl sites for hydroxylation is 1. The quantitative estimate of drug-likeness (QED) is 0.151. The molecular weight excluding hydrogens is 836 g/mol. The van der Waals surface area contributed by atoms with Crippen LogP contribution in [0.25, 0.3) is 11.1 Å². The lowest BCUT2D eigenvalue weighted by Gasteiger charge is -2.38. The van der Waals surface area contributed by atoms with Gasteiger partial charge in [0.1, 0.15) is 11.9 Å². The van der Waals surface area contributed by atoms with Crippen LogP contribution in [0.5, 0.6) is 0 Å². The van der Waals surface area contributed by atoms with Crippen molar-refractivity contribution in [2.45, 2.75) is 69.6 Å². The maximum absolute atomic E-state index is 15.9. The maximum Gasteiger partial charge on any atom is 0.255 e. The number of amides is 5. The van der Waals surface area contributed by atoms with Crippen molar-refractivity contribution in [1.82, 2.24) is 34.6 Å². The van der Waals surface area contributed by atoms with E-state index in [1.54, 1.807) is 24.0 Å². The molecule has 5 aromatic rings. The molecule has 3 aromatic carbocycles. The number of likely N-dealkylation sites (tertiary alicyclic amines) is 1. The molecule has 0 radical (unpaired) electrons. The number of nitrogens with zero attached hydrogens (tertiary/aromatic N) is 7. The van der Waals surface area contributed by atoms with E-state index < -0.39 is 29.7 Å². The van der Waals surface area contributed by atoms with E-state index in [1.807, 2.05) is 45.9 Å². The number of imide groups is 1. The molecule has 17 heteroatoms. The van der Waals surface area contributed by atoms with Gasteiger partial charge in [-0.2, -0.15) is 0 Å². The van der Waals surface area contributed by atoms with Gasteiger partial charge in [0.2, 0.25) is 17.7 Å². The zero-order valence-electron chi connectivity index (χ0n) is 35.3. The lowest BCUT2D eigenvalue weighted by molar-refractivity contribution is -0.134. The molecule has 0 unspecified atom stereocenters. The third-order valence-corrected chi connectivity index (χ3v) is 14.1. The molecule has 0 saturated carbocycles. The number of imidazole rings is 1. The van der Waals surface area contributed by atoms with Crippen molar-refractivity contribution in [3.63, 3.8) is 0 Å². The Morgan fingerprint density at radius 3 is 2.39 bits per heavy atom. The SMILES string of the molecule is O=C1CC[C@@H](Nc2ccc(C3CCN(C(=O)CN4CCN(c5ccc(-c6cc(F)c7c(c6)C(=O)N([C@@H](C(=O)Nc6nccs6)c6ncn8c6CCC8)C7)cc5)CC4)CC3)cc2)C(=O)N1. The maximum atomic E-state index is 15.9. The van der Waals surface area contributed by atoms with E-state index in [1.165, 1.54) is 27.9 Å². The van der Waals surface area contributed by atoms with Crippen molar-refractivity contribution in [3.05, 3.63) is 112 Å². The monoisotopic (exact) mass is 884 g/mol. The first-order chi connectivity index (χ1) is 31.1. The van der Waals surface area contributed by atoms with Gasteiger partial charge in [-0.15, -0.1) is 11.3 Å². The number of anilines is 3. The number of nitrogens with one attached hydrogen (secondary N) is 3. The van der Waals surface area contributed by atoms with Gasteiger partial charge in [-0.1, -0.05) is 24.3 Å². The van der Waals surface area contributed by atoms with Crippen LogP contribution in [-0.4, -0.2) is 111 Å². The fourth-order valence-electron chi connectivity index (χ4n) is 9.83. The van der Waals surface area contributed by atoms with Crippen LogP contribution >= 0.6 is 11.3 Å². The van der Waals surface area contributed by atoms with E-state index in [9.17, 15) is 24.0 Å². The van der Waals surface area contributed by atoms with Crippen molar-refractivity contribution in [1.29, 1.82) is 0 Å². The van der Waals surface area contributed by atoms with Gasteiger partial charge in [0, 0.05) is 92.0 Å². The molecular formula is C47H49FN10O5S. The average molecular weight is 885 g/mol. The predicted molar refractivity (Wildman–Crippen MR) is 239 cm³/mol. The molecule has 5 aliphatic heterocycles. The van der Waals surface area contributed by atoms with Crippen LogP contribution in [0.15, 0.2) is 78.6 Å². The number of carbonyl (C=O) groups is 5. The summed E-state index contributed by atoms with van der Waals surface area (Å²) in [4.78, 5) is 81.7. The fourth-order valence-corrected chi connectivity index (χ4v) is 10.4. The summed E-state index contributed by atoms with van der Waals surface area (Å²) < 4.78 is 18.0. The Balaban J connectivity index is 0.721. The molecule has 3 N–H and O–H groups in total. The fraction of sp³-hybridized carbons (Fsp3) is 0.383. The van der Waals surface area contributed by atoms with E-state index in [4.69, 9.17) is 0 Å². The van der Waals surface area contributed by atoms with Crippen LogP contribution in [0.1, 0.15) is 76.9 Å². The minimum Gasteiger partial charge on any atom is -0.374 e. The van der Waals surface area contributed by atoms with E-state index >= 15 is 4.39 Å². The van der Waals surface area contributed by atoms with E-state index in [0.717, 1.165) is 81.0 Å². The van der Waals surface area contributed by atoms with Gasteiger partial charge < -0.3 is 24.6 Å². The largest absolute Gasteiger partial charge is 0.374 e. The summed E-state index contributed by atoms with van der Waals surface area (Å²) in [6.07, 6.45) is 7.56. The molecule has 2 atom stereocenters. The topological polar surface area (TPSA) is 165 Å². The zero-order chi connectivity index (χ0) is 43.9. The first kappa shape index (κ1) is 41.5. The molecule has 5 aliphatic rings. The van der Waals surface area contributed by atoms with Gasteiger partial charge in [0.25, 0.3) is 11.8 Å². The lowest BCUT2D eigenvalue weighted by Crippen LogP contribution is -2.51. The summed E-state index contributed by atoms with van der Waals surface area (Å²) in [7, 11) is 0. The molecule has 3 fully saturated rings. The van der Waals surface area contributed by atoms with Crippen LogP contribution < -0.4 is 20.9 Å². The van der Waals surface area contributed by atoms with E-state index in [-0.39, 0.29) is 35.4 Å². The van der Waals surface area contributed by atoms with Crippen molar-refractivity contribution < 1.29 is 28.4 Å². The summed E-state index contributed by atoms with van der Waals surface area (Å²) >= 11 is 1.28. The van der Waals surface area contributed by atoms with Gasteiger partial charge in [-0.25, -0.2) is 14.4 Å². The van der Waals surface area contributed by atoms with Gasteiger partial charge in [-0.05, 0) is 91.1 Å². The van der Waals surface area contributed by atoms with E-state index in [2.05, 4.69) is 47.9 Å². The third kappa shape index (κ3) is 8.36. The number of thiazole rings is 1. The van der Waals surface area contributed by atoms with Gasteiger partial charge in [0.15, 0.2) is 11.2 Å². The Labute approximate surface area is 373 Å². The highest BCUT2D eigenvalue weighted by Crippen LogP contribution is 2.38. The summed E-state index contributed by atoms with van der Waals surface area (Å²) in [6.45, 7) is 5.59. The standard InChI is InChI=1S/C47H49FN10O5S/c48-37-25-32(24-35-36(37)26-58(46(35)63)43(45(62)53-47-49-15-23-64-47)42-39-2-1-16-57(39)28-50-42)30-5-9-34(10-6-30)55-21-19-54(20-22-55)27-41(60)56-17-13-31(14-18-56)29-3-7-33(8-4-29)51-38-11-12-40(59)52-44(38)61/h3-10,15,23-25,28,31,38,43,51H,1-2,11-14,16-22,26-27H2,(H,49,53,62)(H,52,59,61)/t38-,43-/m1/s1. The van der Waals surface area contributed by atoms with Crippen LogP contribution in [-0.2, 0) is 38.7 Å². The molecule has 0 bridgehead atoms. The second-order valence-corrected chi connectivity index (χ2v) is 18.1. The van der Waals surface area contributed by atoms with Crippen LogP contribution in [0.2, 0.25) is 0 Å². The average Bonchev–Trinajstić information content (AvgIpc) is 4.14. The number of aromatic nitrogens is 3. The molecule has 64 heavy (non-hydrogen) atoms. The Morgan fingerprint density at radius 1 is 0.875 bits per heavy atom. The van der Waals surface area contributed by atoms with Crippen molar-refractivity contribution in [3.8, 4) is 11.1 Å².